The van der Waals surface area contributed by atoms with E-state index in [0.29, 0.717) is 22.8 Å². The third-order valence-corrected chi connectivity index (χ3v) is 8.23. The molecule has 3 aromatic carbocycles. The first-order valence-electron chi connectivity index (χ1n) is 12.5. The number of nitrogens with zero attached hydrogens (tertiary/aromatic N) is 2. The normalized spacial score (nSPS) is 11.8. The predicted octanol–water partition coefficient (Wildman–Crippen LogP) is 3.38. The van der Waals surface area contributed by atoms with Gasteiger partial charge in [-0.25, -0.2) is 8.42 Å². The lowest BCUT2D eigenvalue weighted by atomic mass is 10.1. The zero-order chi connectivity index (χ0) is 29.4. The summed E-state index contributed by atoms with van der Waals surface area (Å²) < 4.78 is 44.9. The molecule has 10 nitrogen and oxygen atoms in total. The van der Waals surface area contributed by atoms with Crippen LogP contribution in [0.25, 0.3) is 0 Å². The fourth-order valence-corrected chi connectivity index (χ4v) is 5.51. The van der Waals surface area contributed by atoms with Crippen LogP contribution < -0.4 is 23.8 Å². The second-order valence-electron chi connectivity index (χ2n) is 9.03. The molecule has 214 valence electrons. The fourth-order valence-electron chi connectivity index (χ4n) is 4.11. The Balaban J connectivity index is 2.09. The molecule has 0 saturated heterocycles. The van der Waals surface area contributed by atoms with Crippen molar-refractivity contribution in [3.63, 3.8) is 0 Å². The number of hydrogen-bond donors (Lipinski definition) is 1. The van der Waals surface area contributed by atoms with Crippen molar-refractivity contribution in [3.8, 4) is 17.2 Å². The molecule has 0 heterocycles. The third kappa shape index (κ3) is 6.84. The van der Waals surface area contributed by atoms with Crippen LogP contribution in [0.2, 0.25) is 0 Å². The number of amides is 2. The molecule has 0 spiro atoms. The predicted molar refractivity (Wildman–Crippen MR) is 152 cm³/mol. The van der Waals surface area contributed by atoms with E-state index in [9.17, 15) is 18.0 Å². The maximum Gasteiger partial charge on any atom is 0.264 e. The number of methoxy groups -OCH3 is 3. The topological polar surface area (TPSA) is 114 Å². The van der Waals surface area contributed by atoms with Gasteiger partial charge in [0.1, 0.15) is 18.3 Å². The lowest BCUT2D eigenvalue weighted by molar-refractivity contribution is -0.139. The van der Waals surface area contributed by atoms with Gasteiger partial charge >= 0.3 is 0 Å². The first kappa shape index (κ1) is 30.3. The van der Waals surface area contributed by atoms with Crippen LogP contribution in [-0.2, 0) is 26.2 Å². The average Bonchev–Trinajstić information content (AvgIpc) is 2.97. The molecule has 0 aliphatic rings. The molecule has 0 bridgehead atoms. The van der Waals surface area contributed by atoms with Gasteiger partial charge in [0.15, 0.2) is 11.5 Å². The average molecular weight is 570 g/mol. The maximum absolute atomic E-state index is 13.9. The number of likely N-dealkylation sites (N-methyl/N-ethyl adjacent to an activating group) is 1. The van der Waals surface area contributed by atoms with Gasteiger partial charge in [-0.3, -0.25) is 13.9 Å². The Morgan fingerprint density at radius 2 is 1.57 bits per heavy atom. The highest BCUT2D eigenvalue weighted by Gasteiger charge is 2.32. The Morgan fingerprint density at radius 1 is 0.900 bits per heavy atom. The summed E-state index contributed by atoms with van der Waals surface area (Å²) in [7, 11) is 1.71. The van der Waals surface area contributed by atoms with Crippen molar-refractivity contribution < 1.29 is 32.2 Å². The van der Waals surface area contributed by atoms with Gasteiger partial charge in [0.05, 0.1) is 31.9 Å². The molecule has 3 aromatic rings. The largest absolute Gasteiger partial charge is 0.497 e. The Morgan fingerprint density at radius 3 is 2.17 bits per heavy atom. The number of aryl methyl sites for hydroxylation is 1. The number of ether oxygens (including phenoxy) is 3. The van der Waals surface area contributed by atoms with Crippen molar-refractivity contribution in [1.82, 2.24) is 10.2 Å². The van der Waals surface area contributed by atoms with Gasteiger partial charge < -0.3 is 24.4 Å². The molecular formula is C29H35N3O7S. The highest BCUT2D eigenvalue weighted by Crippen LogP contribution is 2.34. The first-order chi connectivity index (χ1) is 19.0. The molecule has 0 unspecified atom stereocenters. The number of anilines is 1. The number of hydrogen-bond acceptors (Lipinski definition) is 7. The van der Waals surface area contributed by atoms with Crippen molar-refractivity contribution >= 4 is 27.5 Å². The van der Waals surface area contributed by atoms with E-state index in [1.807, 2.05) is 6.92 Å². The zero-order valence-electron chi connectivity index (χ0n) is 23.5. The van der Waals surface area contributed by atoms with Gasteiger partial charge in [0, 0.05) is 19.7 Å². The molecule has 0 aromatic heterocycles. The Kier molecular flexibility index (Phi) is 10.0. The highest BCUT2D eigenvalue weighted by atomic mass is 32.2. The summed E-state index contributed by atoms with van der Waals surface area (Å²) in [5, 5.41) is 2.56. The summed E-state index contributed by atoms with van der Waals surface area (Å²) in [4.78, 5) is 27.9. The van der Waals surface area contributed by atoms with Gasteiger partial charge in [-0.1, -0.05) is 29.8 Å². The minimum absolute atomic E-state index is 0.0133. The van der Waals surface area contributed by atoms with E-state index in [1.165, 1.54) is 57.5 Å². The van der Waals surface area contributed by atoms with Gasteiger partial charge in [-0.05, 0) is 55.8 Å². The molecule has 0 fully saturated rings. The quantitative estimate of drug-likeness (QED) is 0.356. The van der Waals surface area contributed by atoms with Crippen LogP contribution >= 0.6 is 0 Å². The summed E-state index contributed by atoms with van der Waals surface area (Å²) in [6.07, 6.45) is 0. The summed E-state index contributed by atoms with van der Waals surface area (Å²) in [6, 6.07) is 17.2. The minimum atomic E-state index is -4.21. The molecule has 1 N–H and O–H groups in total. The molecule has 2 amide bonds. The first-order valence-corrected chi connectivity index (χ1v) is 13.9. The van der Waals surface area contributed by atoms with Crippen molar-refractivity contribution in [2.75, 3.05) is 39.2 Å². The van der Waals surface area contributed by atoms with Crippen LogP contribution in [0.3, 0.4) is 0 Å². The lowest BCUT2D eigenvalue weighted by Crippen LogP contribution is -2.50. The van der Waals surface area contributed by atoms with E-state index in [0.717, 1.165) is 9.87 Å². The van der Waals surface area contributed by atoms with Crippen molar-refractivity contribution in [1.29, 1.82) is 0 Å². The van der Waals surface area contributed by atoms with Crippen LogP contribution in [0.5, 0.6) is 17.2 Å². The van der Waals surface area contributed by atoms with Gasteiger partial charge in [0.25, 0.3) is 10.0 Å². The number of carbonyl (C=O) groups excluding carboxylic acids is 2. The summed E-state index contributed by atoms with van der Waals surface area (Å²) in [5.41, 5.74) is 1.79. The number of rotatable bonds is 12. The Bertz CT molecular complexity index is 1440. The Hall–Kier alpha value is -4.25. The zero-order valence-corrected chi connectivity index (χ0v) is 24.3. The van der Waals surface area contributed by atoms with Crippen LogP contribution in [0.15, 0.2) is 71.6 Å². The smallest absolute Gasteiger partial charge is 0.264 e. The second kappa shape index (κ2) is 13.2. The van der Waals surface area contributed by atoms with E-state index < -0.39 is 34.4 Å². The highest BCUT2D eigenvalue weighted by molar-refractivity contribution is 7.92. The van der Waals surface area contributed by atoms with Crippen molar-refractivity contribution in [2.24, 2.45) is 0 Å². The number of carbonyl (C=O) groups is 2. The molecule has 0 saturated carbocycles. The molecule has 0 aliphatic heterocycles. The molecule has 0 aliphatic carbocycles. The molecule has 11 heteroatoms. The lowest BCUT2D eigenvalue weighted by Gasteiger charge is -2.32. The van der Waals surface area contributed by atoms with E-state index >= 15 is 0 Å². The third-order valence-electron chi connectivity index (χ3n) is 6.44. The van der Waals surface area contributed by atoms with Crippen molar-refractivity contribution in [2.45, 2.75) is 31.3 Å². The van der Waals surface area contributed by atoms with E-state index in [2.05, 4.69) is 5.32 Å². The van der Waals surface area contributed by atoms with E-state index in [1.54, 1.807) is 49.4 Å². The minimum Gasteiger partial charge on any atom is -0.497 e. The maximum atomic E-state index is 13.9. The van der Waals surface area contributed by atoms with Gasteiger partial charge in [-0.2, -0.15) is 0 Å². The van der Waals surface area contributed by atoms with Crippen molar-refractivity contribution in [3.05, 3.63) is 77.9 Å². The summed E-state index contributed by atoms with van der Waals surface area (Å²) >= 11 is 0. The van der Waals surface area contributed by atoms with Gasteiger partial charge in [0.2, 0.25) is 11.8 Å². The van der Waals surface area contributed by atoms with E-state index in [-0.39, 0.29) is 17.1 Å². The van der Waals surface area contributed by atoms with Crippen LogP contribution in [-0.4, -0.2) is 66.1 Å². The summed E-state index contributed by atoms with van der Waals surface area (Å²) in [6.45, 7) is 2.92. The molecule has 3 rings (SSSR count). The second-order valence-corrected chi connectivity index (χ2v) is 10.9. The molecule has 1 atom stereocenters. The SMILES string of the molecule is CNC(=O)[C@@H](C)N(Cc1cccc(OC)c1)C(=O)CN(c1ccc(OC)c(OC)c1)S(=O)(=O)c1ccc(C)cc1. The monoisotopic (exact) mass is 569 g/mol. The van der Waals surface area contributed by atoms with Crippen LogP contribution in [0.1, 0.15) is 18.1 Å². The van der Waals surface area contributed by atoms with E-state index in [4.69, 9.17) is 14.2 Å². The van der Waals surface area contributed by atoms with Crippen LogP contribution in [0.4, 0.5) is 5.69 Å². The number of sulfonamides is 1. The number of nitrogens with one attached hydrogen (secondary N) is 1. The Labute approximate surface area is 235 Å². The standard InChI is InChI=1S/C29H35N3O7S/c1-20-10-13-25(14-11-20)40(35,36)32(23-12-15-26(38-5)27(17-23)39-6)19-28(33)31(21(2)29(34)30-3)18-22-8-7-9-24(16-22)37-4/h7-17,21H,18-19H2,1-6H3,(H,30,34)/t21-/m1/s1. The fraction of sp³-hybridized carbons (Fsp3) is 0.310. The molecule has 0 radical (unpaired) electrons. The molecular weight excluding hydrogens is 534 g/mol. The number of benzene rings is 3. The summed E-state index contributed by atoms with van der Waals surface area (Å²) in [5.74, 6) is 0.313. The molecule has 40 heavy (non-hydrogen) atoms. The van der Waals surface area contributed by atoms with Crippen LogP contribution in [0, 0.1) is 6.92 Å². The van der Waals surface area contributed by atoms with Gasteiger partial charge in [-0.15, -0.1) is 0 Å².